The van der Waals surface area contributed by atoms with Gasteiger partial charge in [0.1, 0.15) is 12.0 Å². The van der Waals surface area contributed by atoms with E-state index in [1.54, 1.807) is 0 Å². The number of primary amides is 1. The topological polar surface area (TPSA) is 84.7 Å². The third-order valence-electron chi connectivity index (χ3n) is 6.85. The summed E-state index contributed by atoms with van der Waals surface area (Å²) in [6.45, 7) is 3.52. The van der Waals surface area contributed by atoms with E-state index in [0.29, 0.717) is 6.54 Å². The summed E-state index contributed by atoms with van der Waals surface area (Å²) >= 11 is 0. The highest BCUT2D eigenvalue weighted by molar-refractivity contribution is 5.91. The molecule has 6 nitrogen and oxygen atoms in total. The molecular weight excluding hydrogens is 438 g/mol. The van der Waals surface area contributed by atoms with E-state index < -0.39 is 5.41 Å². The monoisotopic (exact) mass is 471 g/mol. The molecule has 1 aliphatic rings. The molecule has 1 saturated heterocycles. The molecule has 1 amide bonds. The zero-order chi connectivity index (χ0) is 24.5. The molecule has 0 spiro atoms. The first-order valence-electron chi connectivity index (χ1n) is 12.1. The van der Waals surface area contributed by atoms with Crippen LogP contribution in [0, 0.1) is 5.92 Å². The fraction of sp³-hybridized carbons (Fsp3) is 0.310. The second-order valence-corrected chi connectivity index (χ2v) is 9.01. The molecule has 182 valence electrons. The Hall–Kier alpha value is -3.48. The van der Waals surface area contributed by atoms with Gasteiger partial charge in [-0.25, -0.2) is 0 Å². The van der Waals surface area contributed by atoms with Gasteiger partial charge in [-0.15, -0.1) is 0 Å². The highest BCUT2D eigenvalue weighted by Crippen LogP contribution is 2.43. The van der Waals surface area contributed by atoms with Crippen molar-refractivity contribution < 1.29 is 14.3 Å². The molecule has 0 bridgehead atoms. The van der Waals surface area contributed by atoms with Gasteiger partial charge in [0.05, 0.1) is 6.54 Å². The first-order valence-corrected chi connectivity index (χ1v) is 12.1. The zero-order valence-corrected chi connectivity index (χ0v) is 19.9. The zero-order valence-electron chi connectivity index (χ0n) is 19.9. The Morgan fingerprint density at radius 3 is 2.06 bits per heavy atom. The number of nitrogens with two attached hydrogens (primary N) is 1. The number of nitrogens with one attached hydrogen (secondary N) is 1. The number of ether oxygens (including phenoxy) is 1. The van der Waals surface area contributed by atoms with Crippen LogP contribution in [-0.4, -0.2) is 49.5 Å². The van der Waals surface area contributed by atoms with Crippen LogP contribution in [0.5, 0.6) is 0 Å². The largest absolute Gasteiger partial charge is 0.460 e. The molecule has 3 aromatic carbocycles. The summed E-state index contributed by atoms with van der Waals surface area (Å²) in [4.78, 5) is 27.5. The Bertz CT molecular complexity index is 1050. The van der Waals surface area contributed by atoms with Gasteiger partial charge in [0.25, 0.3) is 0 Å². The summed E-state index contributed by atoms with van der Waals surface area (Å²) in [6, 6.07) is 29.4. The number of amides is 1. The average molecular weight is 472 g/mol. The lowest BCUT2D eigenvalue weighted by molar-refractivity contribution is -0.143. The average Bonchev–Trinajstić information content (AvgIpc) is 3.36. The molecule has 1 aliphatic heterocycles. The van der Waals surface area contributed by atoms with Gasteiger partial charge in [-0.3, -0.25) is 9.59 Å². The highest BCUT2D eigenvalue weighted by Gasteiger charge is 2.49. The lowest BCUT2D eigenvalue weighted by Crippen LogP contribution is -2.49. The molecule has 4 rings (SSSR count). The smallest absolute Gasteiger partial charge is 0.320 e. The van der Waals surface area contributed by atoms with Crippen LogP contribution >= 0.6 is 0 Å². The fourth-order valence-corrected chi connectivity index (χ4v) is 5.13. The summed E-state index contributed by atoms with van der Waals surface area (Å²) in [5, 5.41) is 3.18. The number of hydrogen-bond acceptors (Lipinski definition) is 5. The van der Waals surface area contributed by atoms with Crippen LogP contribution in [0.2, 0.25) is 0 Å². The van der Waals surface area contributed by atoms with Crippen molar-refractivity contribution in [3.05, 3.63) is 108 Å². The molecule has 1 atom stereocenters. The van der Waals surface area contributed by atoms with Crippen LogP contribution in [0.15, 0.2) is 91.0 Å². The summed E-state index contributed by atoms with van der Waals surface area (Å²) in [6.07, 6.45) is 0.867. The summed E-state index contributed by atoms with van der Waals surface area (Å²) in [5.74, 6) is -0.532. The van der Waals surface area contributed by atoms with Crippen molar-refractivity contribution in [1.29, 1.82) is 0 Å². The minimum Gasteiger partial charge on any atom is -0.460 e. The molecule has 6 heteroatoms. The van der Waals surface area contributed by atoms with E-state index in [1.165, 1.54) is 0 Å². The van der Waals surface area contributed by atoms with Crippen molar-refractivity contribution >= 4 is 11.9 Å². The standard InChI is InChI=1S/C29H33N3O3/c30-28(34)29(24-12-6-2-7-13-24,25-14-8-3-9-15-25)26-16-18-32(21-26)19-17-31-20-27(33)35-22-23-10-4-1-5-11-23/h1-15,26,31H,16-22H2,(H2,30,34). The number of hydrogen-bond donors (Lipinski definition) is 2. The SMILES string of the molecule is NC(=O)C(c1ccccc1)(c1ccccc1)C1CCN(CCNCC(=O)OCc2ccccc2)C1. The van der Waals surface area contributed by atoms with Crippen molar-refractivity contribution in [2.75, 3.05) is 32.7 Å². The molecule has 0 aliphatic carbocycles. The molecule has 1 heterocycles. The van der Waals surface area contributed by atoms with E-state index in [0.717, 1.165) is 42.7 Å². The van der Waals surface area contributed by atoms with Gasteiger partial charge >= 0.3 is 5.97 Å². The summed E-state index contributed by atoms with van der Waals surface area (Å²) < 4.78 is 5.32. The Balaban J connectivity index is 1.34. The maximum atomic E-state index is 13.2. The van der Waals surface area contributed by atoms with E-state index in [4.69, 9.17) is 10.5 Å². The van der Waals surface area contributed by atoms with E-state index >= 15 is 0 Å². The van der Waals surface area contributed by atoms with Crippen molar-refractivity contribution in [3.8, 4) is 0 Å². The predicted octanol–water partition coefficient (Wildman–Crippen LogP) is 3.11. The Morgan fingerprint density at radius 1 is 0.914 bits per heavy atom. The van der Waals surface area contributed by atoms with E-state index in [-0.39, 0.29) is 30.9 Å². The molecule has 35 heavy (non-hydrogen) atoms. The van der Waals surface area contributed by atoms with E-state index in [9.17, 15) is 9.59 Å². The lowest BCUT2D eigenvalue weighted by atomic mass is 9.64. The van der Waals surface area contributed by atoms with Gasteiger partial charge in [-0.2, -0.15) is 0 Å². The molecule has 0 saturated carbocycles. The van der Waals surface area contributed by atoms with Crippen molar-refractivity contribution in [1.82, 2.24) is 10.2 Å². The van der Waals surface area contributed by atoms with Crippen molar-refractivity contribution in [2.24, 2.45) is 11.7 Å². The van der Waals surface area contributed by atoms with Gasteiger partial charge in [0.2, 0.25) is 5.91 Å². The van der Waals surface area contributed by atoms with Crippen LogP contribution < -0.4 is 11.1 Å². The molecule has 0 aromatic heterocycles. The molecular formula is C29H33N3O3. The number of likely N-dealkylation sites (tertiary alicyclic amines) is 1. The molecule has 1 fully saturated rings. The van der Waals surface area contributed by atoms with Crippen LogP contribution in [0.25, 0.3) is 0 Å². The van der Waals surface area contributed by atoms with Gasteiger partial charge in [0, 0.05) is 19.6 Å². The minimum absolute atomic E-state index is 0.0561. The molecule has 3 N–H and O–H groups in total. The van der Waals surface area contributed by atoms with Gasteiger partial charge in [-0.1, -0.05) is 91.0 Å². The van der Waals surface area contributed by atoms with Crippen LogP contribution in [0.3, 0.4) is 0 Å². The van der Waals surface area contributed by atoms with Gasteiger partial charge in [-0.05, 0) is 35.6 Å². The highest BCUT2D eigenvalue weighted by atomic mass is 16.5. The summed E-state index contributed by atoms with van der Waals surface area (Å²) in [5.41, 5.74) is 8.12. The van der Waals surface area contributed by atoms with Crippen molar-refractivity contribution in [3.63, 3.8) is 0 Å². The third-order valence-corrected chi connectivity index (χ3v) is 6.85. The van der Waals surface area contributed by atoms with Crippen LogP contribution in [0.1, 0.15) is 23.1 Å². The molecule has 1 unspecified atom stereocenters. The normalized spacial score (nSPS) is 16.2. The van der Waals surface area contributed by atoms with Gasteiger partial charge in [0.15, 0.2) is 0 Å². The first kappa shape index (κ1) is 24.6. The second kappa shape index (κ2) is 11.8. The Labute approximate surface area is 207 Å². The number of esters is 1. The minimum atomic E-state index is -0.883. The van der Waals surface area contributed by atoms with Gasteiger partial charge < -0.3 is 20.7 Å². The second-order valence-electron chi connectivity index (χ2n) is 9.01. The number of benzene rings is 3. The quantitative estimate of drug-likeness (QED) is 0.332. The van der Waals surface area contributed by atoms with Crippen LogP contribution in [-0.2, 0) is 26.3 Å². The maximum absolute atomic E-state index is 13.2. The summed E-state index contributed by atoms with van der Waals surface area (Å²) in [7, 11) is 0. The predicted molar refractivity (Wildman–Crippen MR) is 137 cm³/mol. The molecule has 0 radical (unpaired) electrons. The maximum Gasteiger partial charge on any atom is 0.320 e. The number of rotatable bonds is 11. The number of carbonyl (C=O) groups excluding carboxylic acids is 2. The number of nitrogens with zero attached hydrogens (tertiary/aromatic N) is 1. The van der Waals surface area contributed by atoms with E-state index in [1.807, 2.05) is 91.0 Å². The Kier molecular flexibility index (Phi) is 8.29. The van der Waals surface area contributed by atoms with Crippen molar-refractivity contribution in [2.45, 2.75) is 18.4 Å². The Morgan fingerprint density at radius 2 is 1.49 bits per heavy atom. The lowest BCUT2D eigenvalue weighted by Gasteiger charge is -2.37. The number of carbonyl (C=O) groups is 2. The molecule has 3 aromatic rings. The fourth-order valence-electron chi connectivity index (χ4n) is 5.13. The van der Waals surface area contributed by atoms with E-state index in [2.05, 4.69) is 10.2 Å². The first-order chi connectivity index (χ1) is 17.1. The third kappa shape index (κ3) is 5.78. The van der Waals surface area contributed by atoms with Crippen LogP contribution in [0.4, 0.5) is 0 Å².